The molecular formula is C24H22F4N8OS. The van der Waals surface area contributed by atoms with Crippen molar-refractivity contribution in [2.24, 2.45) is 13.0 Å². The molecule has 0 atom stereocenters. The minimum absolute atomic E-state index is 0.0493. The van der Waals surface area contributed by atoms with Gasteiger partial charge in [-0.05, 0) is 12.0 Å². The van der Waals surface area contributed by atoms with Crippen molar-refractivity contribution in [2.75, 3.05) is 12.3 Å². The van der Waals surface area contributed by atoms with E-state index in [4.69, 9.17) is 5.73 Å². The zero-order chi connectivity index (χ0) is 27.4. The maximum Gasteiger partial charge on any atom is 0.504 e. The summed E-state index contributed by atoms with van der Waals surface area (Å²) in [5.74, 6) is -1.03. The van der Waals surface area contributed by atoms with Crippen LogP contribution in [0.2, 0.25) is 0 Å². The van der Waals surface area contributed by atoms with Crippen molar-refractivity contribution < 1.29 is 22.4 Å². The van der Waals surface area contributed by atoms with Gasteiger partial charge in [0.05, 0.1) is 46.6 Å². The number of hydrogen-bond acceptors (Lipinski definition) is 7. The Hall–Kier alpha value is -4.07. The molecule has 0 radical (unpaired) electrons. The third-order valence-corrected chi connectivity index (χ3v) is 6.75. The summed E-state index contributed by atoms with van der Waals surface area (Å²) >= 11 is 1.19. The standard InChI is InChI=1S/C24H22F4N8OS/c1-12(2)8-35(10-20-32-19(11-38-20)13-6-31-36(9-13)24(26,27)28)23(37)14-4-15-18(5-17(14)25)33-22(29)16-7-30-34(3)21(15)16/h4-7,9,11-12H,8,10H2,1-3H3,(H2,29,33). The van der Waals surface area contributed by atoms with Crippen molar-refractivity contribution in [1.29, 1.82) is 0 Å². The normalized spacial score (nSPS) is 12.2. The van der Waals surface area contributed by atoms with E-state index >= 15 is 4.39 Å². The van der Waals surface area contributed by atoms with Gasteiger partial charge in [0.1, 0.15) is 16.6 Å². The SMILES string of the molecule is CC(C)CN(Cc1nc(-c2cnn(C(F)(F)F)c2)cs1)C(=O)c1cc2c(cc1F)nc(N)c1cnn(C)c12. The van der Waals surface area contributed by atoms with Gasteiger partial charge in [-0.25, -0.2) is 14.4 Å². The summed E-state index contributed by atoms with van der Waals surface area (Å²) in [6.45, 7) is 4.19. The van der Waals surface area contributed by atoms with Crippen molar-refractivity contribution in [1.82, 2.24) is 34.4 Å². The number of aryl methyl sites for hydroxylation is 1. The lowest BCUT2D eigenvalue weighted by Gasteiger charge is -2.24. The molecule has 38 heavy (non-hydrogen) atoms. The molecule has 5 rings (SSSR count). The molecule has 4 aromatic heterocycles. The van der Waals surface area contributed by atoms with Gasteiger partial charge in [-0.1, -0.05) is 13.8 Å². The van der Waals surface area contributed by atoms with Crippen molar-refractivity contribution in [3.05, 3.63) is 52.5 Å². The number of fused-ring (bicyclic) bond motifs is 3. The van der Waals surface area contributed by atoms with Crippen molar-refractivity contribution in [3.63, 3.8) is 0 Å². The fraction of sp³-hybridized carbons (Fsp3) is 0.292. The van der Waals surface area contributed by atoms with Crippen LogP contribution in [0.15, 0.2) is 36.1 Å². The fourth-order valence-electron chi connectivity index (χ4n) is 4.25. The second kappa shape index (κ2) is 9.35. The van der Waals surface area contributed by atoms with Gasteiger partial charge in [-0.3, -0.25) is 9.48 Å². The zero-order valence-corrected chi connectivity index (χ0v) is 21.3. The largest absolute Gasteiger partial charge is 0.504 e. The quantitative estimate of drug-likeness (QED) is 0.303. The smallest absolute Gasteiger partial charge is 0.383 e. The number of thiazole rings is 1. The van der Waals surface area contributed by atoms with Gasteiger partial charge in [0, 0.05) is 42.2 Å². The monoisotopic (exact) mass is 546 g/mol. The molecule has 4 heterocycles. The lowest BCUT2D eigenvalue weighted by atomic mass is 10.1. The number of aromatic nitrogens is 6. The highest BCUT2D eigenvalue weighted by atomic mass is 32.1. The summed E-state index contributed by atoms with van der Waals surface area (Å²) in [4.78, 5) is 23.8. The van der Waals surface area contributed by atoms with E-state index in [1.807, 2.05) is 13.8 Å². The summed E-state index contributed by atoms with van der Waals surface area (Å²) in [7, 11) is 1.72. The number of carbonyl (C=O) groups is 1. The van der Waals surface area contributed by atoms with Gasteiger partial charge in [0.25, 0.3) is 5.91 Å². The summed E-state index contributed by atoms with van der Waals surface area (Å²) in [6.07, 6.45) is -1.15. The Morgan fingerprint density at radius 1 is 1.16 bits per heavy atom. The Kier molecular flexibility index (Phi) is 6.29. The summed E-state index contributed by atoms with van der Waals surface area (Å²) < 4.78 is 55.4. The molecule has 1 amide bonds. The maximum atomic E-state index is 15.2. The average molecular weight is 547 g/mol. The molecule has 0 bridgehead atoms. The number of halogens is 4. The number of anilines is 1. The van der Waals surface area contributed by atoms with E-state index in [0.29, 0.717) is 39.1 Å². The first-order valence-corrected chi connectivity index (χ1v) is 12.4. The van der Waals surface area contributed by atoms with Crippen LogP contribution < -0.4 is 5.73 Å². The molecule has 9 nitrogen and oxygen atoms in total. The molecule has 0 saturated heterocycles. The summed E-state index contributed by atoms with van der Waals surface area (Å²) in [5.41, 5.74) is 7.29. The Morgan fingerprint density at radius 3 is 2.61 bits per heavy atom. The average Bonchev–Trinajstić information content (AvgIpc) is 3.57. The highest BCUT2D eigenvalue weighted by Crippen LogP contribution is 2.31. The molecule has 5 aromatic rings. The van der Waals surface area contributed by atoms with Gasteiger partial charge in [0.15, 0.2) is 0 Å². The van der Waals surface area contributed by atoms with E-state index in [-0.39, 0.29) is 34.1 Å². The molecule has 14 heteroatoms. The Morgan fingerprint density at radius 2 is 1.92 bits per heavy atom. The topological polar surface area (TPSA) is 108 Å². The second-order valence-corrected chi connectivity index (χ2v) is 10.2. The van der Waals surface area contributed by atoms with Crippen LogP contribution in [0, 0.1) is 11.7 Å². The molecule has 0 unspecified atom stereocenters. The molecule has 0 spiro atoms. The first-order valence-electron chi connectivity index (χ1n) is 11.5. The Labute approximate surface area is 217 Å². The lowest BCUT2D eigenvalue weighted by Crippen LogP contribution is -2.34. The Bertz CT molecular complexity index is 1670. The van der Waals surface area contributed by atoms with Crippen molar-refractivity contribution in [3.8, 4) is 11.3 Å². The number of nitrogens with two attached hydrogens (primary N) is 1. The van der Waals surface area contributed by atoms with Crippen LogP contribution in [0.3, 0.4) is 0 Å². The molecule has 198 valence electrons. The number of alkyl halides is 3. The number of nitrogen functional groups attached to an aromatic ring is 1. The van der Waals surface area contributed by atoms with Gasteiger partial charge in [0.2, 0.25) is 0 Å². The summed E-state index contributed by atoms with van der Waals surface area (Å²) in [6, 6.07) is 2.63. The highest BCUT2D eigenvalue weighted by molar-refractivity contribution is 7.09. The fourth-order valence-corrected chi connectivity index (χ4v) is 5.06. The van der Waals surface area contributed by atoms with E-state index in [9.17, 15) is 18.0 Å². The van der Waals surface area contributed by atoms with Crippen LogP contribution >= 0.6 is 11.3 Å². The van der Waals surface area contributed by atoms with Crippen molar-refractivity contribution in [2.45, 2.75) is 26.7 Å². The maximum absolute atomic E-state index is 15.2. The second-order valence-electron chi connectivity index (χ2n) is 9.22. The Balaban J connectivity index is 1.48. The zero-order valence-electron chi connectivity index (χ0n) is 20.5. The van der Waals surface area contributed by atoms with Crippen LogP contribution in [0.5, 0.6) is 0 Å². The number of pyridine rings is 1. The molecule has 0 fully saturated rings. The number of benzene rings is 1. The lowest BCUT2D eigenvalue weighted by molar-refractivity contribution is -0.212. The van der Waals surface area contributed by atoms with Crippen LogP contribution in [-0.2, 0) is 19.9 Å². The molecule has 0 saturated carbocycles. The van der Waals surface area contributed by atoms with E-state index in [0.717, 1.165) is 12.4 Å². The molecule has 2 N–H and O–H groups in total. The first-order chi connectivity index (χ1) is 17.9. The predicted molar refractivity (Wildman–Crippen MR) is 135 cm³/mol. The third kappa shape index (κ3) is 4.66. The number of hydrogen-bond donors (Lipinski definition) is 1. The molecule has 1 aromatic carbocycles. The van der Waals surface area contributed by atoms with Gasteiger partial charge < -0.3 is 10.6 Å². The van der Waals surface area contributed by atoms with Gasteiger partial charge >= 0.3 is 6.30 Å². The van der Waals surface area contributed by atoms with Crippen LogP contribution in [-0.4, -0.2) is 46.9 Å². The van der Waals surface area contributed by atoms with E-state index in [1.54, 1.807) is 23.3 Å². The first kappa shape index (κ1) is 25.6. The molecule has 0 aliphatic heterocycles. The minimum Gasteiger partial charge on any atom is -0.383 e. The molecule has 0 aliphatic rings. The van der Waals surface area contributed by atoms with E-state index in [2.05, 4.69) is 20.2 Å². The highest BCUT2D eigenvalue weighted by Gasteiger charge is 2.32. The van der Waals surface area contributed by atoms with E-state index < -0.39 is 18.0 Å². The molecule has 0 aliphatic carbocycles. The minimum atomic E-state index is -4.64. The van der Waals surface area contributed by atoms with Gasteiger partial charge in [-0.2, -0.15) is 14.9 Å². The van der Waals surface area contributed by atoms with Crippen LogP contribution in [0.1, 0.15) is 29.2 Å². The van der Waals surface area contributed by atoms with Crippen LogP contribution in [0.4, 0.5) is 23.4 Å². The number of rotatable bonds is 6. The summed E-state index contributed by atoms with van der Waals surface area (Å²) in [5, 5.41) is 10.7. The number of amides is 1. The van der Waals surface area contributed by atoms with Gasteiger partial charge in [-0.15, -0.1) is 24.5 Å². The van der Waals surface area contributed by atoms with Crippen LogP contribution in [0.25, 0.3) is 33.1 Å². The van der Waals surface area contributed by atoms with Crippen molar-refractivity contribution >= 4 is 44.9 Å². The molecular weight excluding hydrogens is 524 g/mol. The predicted octanol–water partition coefficient (Wildman–Crippen LogP) is 4.94. The number of nitrogens with zero attached hydrogens (tertiary/aromatic N) is 7. The van der Waals surface area contributed by atoms with E-state index in [1.165, 1.54) is 28.4 Å². The third-order valence-electron chi connectivity index (χ3n) is 5.92. The number of carbonyl (C=O) groups excluding carboxylic acids is 1.